The topological polar surface area (TPSA) is 161 Å². The van der Waals surface area contributed by atoms with Crippen molar-refractivity contribution in [2.24, 2.45) is 17.6 Å². The summed E-state index contributed by atoms with van der Waals surface area (Å²) in [6.07, 6.45) is 1.14. The van der Waals surface area contributed by atoms with Gasteiger partial charge in [-0.3, -0.25) is 19.2 Å². The minimum Gasteiger partial charge on any atom is -0.456 e. The Balaban J connectivity index is 1.93. The van der Waals surface area contributed by atoms with E-state index in [-0.39, 0.29) is 41.5 Å². The van der Waals surface area contributed by atoms with Crippen molar-refractivity contribution >= 4 is 51.9 Å². The zero-order chi connectivity index (χ0) is 29.1. The molecule has 4 N–H and O–H groups in total. The fraction of sp³-hybridized carbons (Fsp3) is 0.615. The number of nitrogens with two attached hydrogens (primary N) is 1. The van der Waals surface area contributed by atoms with Crippen LogP contribution in [-0.4, -0.2) is 68.2 Å². The van der Waals surface area contributed by atoms with Gasteiger partial charge in [0.15, 0.2) is 0 Å². The van der Waals surface area contributed by atoms with Crippen LogP contribution in [0.15, 0.2) is 17.2 Å². The van der Waals surface area contributed by atoms with E-state index < -0.39 is 41.5 Å². The Morgan fingerprint density at radius 1 is 1.26 bits per heavy atom. The lowest BCUT2D eigenvalue weighted by molar-refractivity contribution is -0.155. The number of aromatic nitrogens is 1. The smallest absolute Gasteiger partial charge is 0.329 e. The average Bonchev–Trinajstić information content (AvgIpc) is 3.31. The van der Waals surface area contributed by atoms with Crippen LogP contribution in [0.25, 0.3) is 0 Å². The van der Waals surface area contributed by atoms with Crippen LogP contribution in [0, 0.1) is 11.8 Å². The molecule has 39 heavy (non-hydrogen) atoms. The van der Waals surface area contributed by atoms with Crippen LogP contribution < -0.4 is 16.4 Å². The van der Waals surface area contributed by atoms with Crippen LogP contribution in [-0.2, 0) is 30.5 Å². The molecule has 214 valence electrons. The average molecular weight is 580 g/mol. The molecule has 4 rings (SSSR count). The molecule has 3 aliphatic rings. The summed E-state index contributed by atoms with van der Waals surface area (Å²) < 4.78 is 5.70. The number of rotatable bonds is 6. The van der Waals surface area contributed by atoms with E-state index in [1.807, 2.05) is 13.8 Å². The quantitative estimate of drug-likeness (QED) is 0.338. The van der Waals surface area contributed by atoms with Gasteiger partial charge in [0.1, 0.15) is 28.4 Å². The van der Waals surface area contributed by atoms with Gasteiger partial charge in [0.05, 0.1) is 19.0 Å². The molecule has 4 heterocycles. The Hall–Kier alpha value is -2.77. The number of hydrogen-bond acceptors (Lipinski definition) is 10. The van der Waals surface area contributed by atoms with E-state index in [1.165, 1.54) is 25.2 Å². The van der Waals surface area contributed by atoms with Gasteiger partial charge >= 0.3 is 5.97 Å². The van der Waals surface area contributed by atoms with Gasteiger partial charge in [0.25, 0.3) is 5.91 Å². The number of allylic oxidation sites excluding steroid dienone is 1. The molecule has 4 bridgehead atoms. The SMILES string of the molecule is CC(C)[C@H](N)C(=O)SCCC1=C[C@@H]2CC(=O)N1Cc1nc(cs1)C(=O)NC(C)(C)C(=O)N[C@@H](C(C)C)C(=O)O2. The van der Waals surface area contributed by atoms with Crippen molar-refractivity contribution in [3.8, 4) is 0 Å². The van der Waals surface area contributed by atoms with Crippen LogP contribution in [0.5, 0.6) is 0 Å². The highest BCUT2D eigenvalue weighted by molar-refractivity contribution is 8.13. The minimum atomic E-state index is -1.33. The van der Waals surface area contributed by atoms with Crippen molar-refractivity contribution in [2.45, 2.75) is 84.7 Å². The molecule has 0 saturated heterocycles. The van der Waals surface area contributed by atoms with Crippen LogP contribution >= 0.6 is 23.1 Å². The number of thiazole rings is 1. The summed E-state index contributed by atoms with van der Waals surface area (Å²) in [4.78, 5) is 70.7. The first-order valence-corrected chi connectivity index (χ1v) is 14.8. The van der Waals surface area contributed by atoms with Gasteiger partial charge in [0, 0.05) is 16.8 Å². The van der Waals surface area contributed by atoms with Gasteiger partial charge < -0.3 is 26.0 Å². The molecule has 3 atom stereocenters. The number of carbonyl (C=O) groups excluding carboxylic acids is 5. The summed E-state index contributed by atoms with van der Waals surface area (Å²) in [7, 11) is 0. The summed E-state index contributed by atoms with van der Waals surface area (Å²) in [5.41, 5.74) is 5.35. The van der Waals surface area contributed by atoms with E-state index in [4.69, 9.17) is 10.5 Å². The number of ether oxygens (including phenoxy) is 1. The second-order valence-corrected chi connectivity index (χ2v) is 12.9. The molecular weight excluding hydrogens is 542 g/mol. The molecule has 3 aliphatic heterocycles. The number of thioether (sulfide) groups is 1. The van der Waals surface area contributed by atoms with Crippen molar-refractivity contribution < 1.29 is 28.7 Å². The summed E-state index contributed by atoms with van der Waals surface area (Å²) in [6.45, 7) is 10.5. The van der Waals surface area contributed by atoms with E-state index >= 15 is 0 Å². The molecule has 0 saturated carbocycles. The van der Waals surface area contributed by atoms with Crippen molar-refractivity contribution in [1.82, 2.24) is 20.5 Å². The molecular formula is C26H37N5O6S2. The normalized spacial score (nSPS) is 22.9. The Morgan fingerprint density at radius 3 is 2.59 bits per heavy atom. The molecule has 0 fully saturated rings. The lowest BCUT2D eigenvalue weighted by atomic mass is 9.99. The second kappa shape index (κ2) is 12.6. The Labute approximate surface area is 236 Å². The van der Waals surface area contributed by atoms with Crippen molar-refractivity contribution in [2.75, 3.05) is 5.75 Å². The highest BCUT2D eigenvalue weighted by Crippen LogP contribution is 2.27. The van der Waals surface area contributed by atoms with Crippen LogP contribution in [0.3, 0.4) is 0 Å². The fourth-order valence-corrected chi connectivity index (χ4v) is 5.72. The highest BCUT2D eigenvalue weighted by atomic mass is 32.2. The molecule has 1 aromatic heterocycles. The molecule has 13 heteroatoms. The predicted octanol–water partition coefficient (Wildman–Crippen LogP) is 1.97. The summed E-state index contributed by atoms with van der Waals surface area (Å²) >= 11 is 2.32. The number of nitrogens with zero attached hydrogens (tertiary/aromatic N) is 2. The third-order valence-electron chi connectivity index (χ3n) is 6.54. The maximum Gasteiger partial charge on any atom is 0.329 e. The molecule has 0 aromatic carbocycles. The monoisotopic (exact) mass is 579 g/mol. The van der Waals surface area contributed by atoms with Gasteiger partial charge in [-0.2, -0.15) is 0 Å². The van der Waals surface area contributed by atoms with E-state index in [9.17, 15) is 24.0 Å². The Morgan fingerprint density at radius 2 is 1.95 bits per heavy atom. The number of amides is 3. The number of esters is 1. The summed E-state index contributed by atoms with van der Waals surface area (Å²) in [6, 6.07) is -1.59. The summed E-state index contributed by atoms with van der Waals surface area (Å²) in [5.74, 6) is -2.00. The van der Waals surface area contributed by atoms with Gasteiger partial charge in [-0.1, -0.05) is 39.5 Å². The van der Waals surface area contributed by atoms with Crippen molar-refractivity contribution in [1.29, 1.82) is 0 Å². The minimum absolute atomic E-state index is 0.00359. The third-order valence-corrected chi connectivity index (χ3v) is 8.34. The molecule has 0 unspecified atom stereocenters. The van der Waals surface area contributed by atoms with Gasteiger partial charge in [0.2, 0.25) is 16.9 Å². The lowest BCUT2D eigenvalue weighted by Crippen LogP contribution is -2.59. The molecule has 3 amide bonds. The molecule has 0 aliphatic carbocycles. The lowest BCUT2D eigenvalue weighted by Gasteiger charge is -2.33. The van der Waals surface area contributed by atoms with Crippen molar-refractivity contribution in [3.63, 3.8) is 0 Å². The number of nitrogens with one attached hydrogen (secondary N) is 2. The van der Waals surface area contributed by atoms with E-state index in [1.54, 1.807) is 30.2 Å². The van der Waals surface area contributed by atoms with Crippen molar-refractivity contribution in [3.05, 3.63) is 27.9 Å². The van der Waals surface area contributed by atoms with Gasteiger partial charge in [-0.05, 0) is 38.2 Å². The number of carbonyl (C=O) groups is 5. The largest absolute Gasteiger partial charge is 0.456 e. The van der Waals surface area contributed by atoms with Crippen LogP contribution in [0.4, 0.5) is 0 Å². The predicted molar refractivity (Wildman–Crippen MR) is 148 cm³/mol. The number of hydrogen-bond donors (Lipinski definition) is 3. The zero-order valence-electron chi connectivity index (χ0n) is 23.1. The van der Waals surface area contributed by atoms with E-state index in [0.29, 0.717) is 22.9 Å². The van der Waals surface area contributed by atoms with Crippen LogP contribution in [0.2, 0.25) is 0 Å². The fourth-order valence-electron chi connectivity index (χ4n) is 3.98. The standard InChI is InChI=1S/C26H37N5O6S2/c1-13(2)20(27)24(35)38-8-7-15-9-16-10-19(32)31(15)11-18-28-17(12-39-18)22(33)30-26(5,6)25(36)29-21(14(3)4)23(34)37-16/h9,12-14,16,20-21H,7-8,10-11,27H2,1-6H3,(H,29,36)(H,30,33)/t16-,20+,21+/m1/s1. The third kappa shape index (κ3) is 7.67. The first-order chi connectivity index (χ1) is 18.2. The van der Waals surface area contributed by atoms with Gasteiger partial charge in [-0.15, -0.1) is 11.3 Å². The summed E-state index contributed by atoms with van der Waals surface area (Å²) in [5, 5.41) is 7.32. The highest BCUT2D eigenvalue weighted by Gasteiger charge is 2.37. The molecule has 0 spiro atoms. The second-order valence-electron chi connectivity index (χ2n) is 10.9. The molecule has 1 aromatic rings. The van der Waals surface area contributed by atoms with Gasteiger partial charge in [-0.25, -0.2) is 9.78 Å². The maximum absolute atomic E-state index is 13.2. The maximum atomic E-state index is 13.2. The molecule has 0 radical (unpaired) electrons. The first-order valence-electron chi connectivity index (χ1n) is 12.9. The Kier molecular flexibility index (Phi) is 9.94. The Bertz CT molecular complexity index is 1160. The van der Waals surface area contributed by atoms with Crippen LogP contribution in [0.1, 0.15) is 69.9 Å². The van der Waals surface area contributed by atoms with E-state index in [0.717, 1.165) is 11.8 Å². The van der Waals surface area contributed by atoms with E-state index in [2.05, 4.69) is 15.6 Å². The number of fused-ring (bicyclic) bond motifs is 8. The zero-order valence-corrected chi connectivity index (χ0v) is 24.7. The molecule has 11 nitrogen and oxygen atoms in total. The first kappa shape index (κ1) is 30.8.